The minimum atomic E-state index is -4.48. The minimum absolute atomic E-state index is 0.0984. The van der Waals surface area contributed by atoms with Crippen molar-refractivity contribution in [1.82, 2.24) is 4.90 Å². The molecule has 0 radical (unpaired) electrons. The molecule has 0 aromatic heterocycles. The van der Waals surface area contributed by atoms with E-state index in [0.29, 0.717) is 4.90 Å². The van der Waals surface area contributed by atoms with Crippen LogP contribution in [0.2, 0.25) is 0 Å². The summed E-state index contributed by atoms with van der Waals surface area (Å²) in [7, 11) is 0. The molecule has 8 heteroatoms. The maximum absolute atomic E-state index is 12.4. The second-order valence-electron chi connectivity index (χ2n) is 4.21. The Morgan fingerprint density at radius 2 is 1.74 bits per heavy atom. The van der Waals surface area contributed by atoms with Gasteiger partial charge in [-0.05, 0) is 19.8 Å². The molecule has 0 fully saturated rings. The number of oxime groups is 1. The van der Waals surface area contributed by atoms with Crippen LogP contribution in [0.4, 0.5) is 13.2 Å². The molecule has 3 N–H and O–H groups in total. The van der Waals surface area contributed by atoms with Gasteiger partial charge in [0.2, 0.25) is 5.91 Å². The molecule has 112 valence electrons. The van der Waals surface area contributed by atoms with Gasteiger partial charge in [-0.1, -0.05) is 19.0 Å². The molecule has 0 aromatic carbocycles. The number of hydrogen-bond acceptors (Lipinski definition) is 3. The van der Waals surface area contributed by atoms with Crippen LogP contribution in [-0.4, -0.2) is 41.1 Å². The minimum Gasteiger partial charge on any atom is -0.409 e. The number of rotatable bonds is 6. The summed E-state index contributed by atoms with van der Waals surface area (Å²) < 4.78 is 37.3. The van der Waals surface area contributed by atoms with Crippen LogP contribution < -0.4 is 5.73 Å². The summed E-state index contributed by atoms with van der Waals surface area (Å²) in [5.41, 5.74) is 4.11. The van der Waals surface area contributed by atoms with Crippen molar-refractivity contribution < 1.29 is 23.2 Å². The Morgan fingerprint density at radius 1 is 1.26 bits per heavy atom. The van der Waals surface area contributed by atoms with Gasteiger partial charge in [-0.25, -0.2) is 0 Å². The zero-order chi connectivity index (χ0) is 15.3. The van der Waals surface area contributed by atoms with E-state index in [1.807, 2.05) is 0 Å². The van der Waals surface area contributed by atoms with Gasteiger partial charge in [0.15, 0.2) is 5.84 Å². The van der Waals surface area contributed by atoms with Crippen LogP contribution in [0.1, 0.15) is 33.6 Å². The van der Waals surface area contributed by atoms with Crippen LogP contribution in [-0.2, 0) is 4.79 Å². The number of nitrogens with zero attached hydrogens (tertiary/aromatic N) is 2. The Labute approximate surface area is 110 Å². The molecule has 0 saturated heterocycles. The third kappa shape index (κ3) is 4.00. The van der Waals surface area contributed by atoms with E-state index < -0.39 is 24.0 Å². The molecule has 0 aromatic rings. The number of carbonyl (C=O) groups excluding carboxylic acids is 1. The van der Waals surface area contributed by atoms with E-state index in [2.05, 4.69) is 5.16 Å². The van der Waals surface area contributed by atoms with Crippen molar-refractivity contribution >= 4 is 11.7 Å². The van der Waals surface area contributed by atoms with E-state index >= 15 is 0 Å². The Kier molecular flexibility index (Phi) is 6.11. The maximum Gasteiger partial charge on any atom is 0.406 e. The van der Waals surface area contributed by atoms with Crippen molar-refractivity contribution in [2.45, 2.75) is 39.8 Å². The molecule has 0 spiro atoms. The average Bonchev–Trinajstić information content (AvgIpc) is 2.36. The molecule has 0 heterocycles. The highest BCUT2D eigenvalue weighted by atomic mass is 19.4. The van der Waals surface area contributed by atoms with E-state index in [1.54, 1.807) is 13.8 Å². The van der Waals surface area contributed by atoms with Gasteiger partial charge >= 0.3 is 6.18 Å². The van der Waals surface area contributed by atoms with Gasteiger partial charge in [-0.3, -0.25) is 4.79 Å². The highest BCUT2D eigenvalue weighted by Gasteiger charge is 2.44. The summed E-state index contributed by atoms with van der Waals surface area (Å²) in [6.07, 6.45) is -4.16. The second kappa shape index (κ2) is 6.63. The summed E-state index contributed by atoms with van der Waals surface area (Å²) in [6.45, 7) is 3.23. The lowest BCUT2D eigenvalue weighted by Crippen LogP contribution is -2.52. The number of nitrogens with two attached hydrogens (primary N) is 1. The van der Waals surface area contributed by atoms with Gasteiger partial charge in [-0.15, -0.1) is 0 Å². The van der Waals surface area contributed by atoms with Gasteiger partial charge in [0.05, 0.1) is 0 Å². The Bertz CT molecular complexity index is 339. The van der Waals surface area contributed by atoms with Crippen molar-refractivity contribution in [3.63, 3.8) is 0 Å². The Morgan fingerprint density at radius 3 is 2.00 bits per heavy atom. The Hall–Kier alpha value is -1.47. The van der Waals surface area contributed by atoms with Crippen molar-refractivity contribution in [3.8, 4) is 0 Å². The number of alkyl halides is 3. The molecule has 19 heavy (non-hydrogen) atoms. The molecule has 1 amide bonds. The van der Waals surface area contributed by atoms with E-state index in [0.717, 1.165) is 0 Å². The topological polar surface area (TPSA) is 78.9 Å². The molecule has 0 bridgehead atoms. The highest BCUT2D eigenvalue weighted by Crippen LogP contribution is 2.30. The van der Waals surface area contributed by atoms with Gasteiger partial charge in [-0.2, -0.15) is 13.2 Å². The van der Waals surface area contributed by atoms with E-state index in [-0.39, 0.29) is 25.2 Å². The largest absolute Gasteiger partial charge is 0.409 e. The number of hydrogen-bond donors (Lipinski definition) is 2. The first-order valence-corrected chi connectivity index (χ1v) is 6.02. The molecular formula is C11H20F3N3O2. The summed E-state index contributed by atoms with van der Waals surface area (Å²) in [4.78, 5) is 13.0. The molecule has 0 rings (SSSR count). The zero-order valence-electron chi connectivity index (χ0n) is 11.3. The van der Waals surface area contributed by atoms with E-state index in [4.69, 9.17) is 10.9 Å². The third-order valence-electron chi connectivity index (χ3n) is 3.25. The SMILES string of the molecule is CCN(CC(F)(F)F)C(=O)C(CC)(CC)C(N)=NO. The lowest BCUT2D eigenvalue weighted by atomic mass is 9.79. The summed E-state index contributed by atoms with van der Waals surface area (Å²) >= 11 is 0. The van der Waals surface area contributed by atoms with Crippen molar-refractivity contribution in [2.24, 2.45) is 16.3 Å². The number of amidine groups is 1. The molecule has 0 aliphatic carbocycles. The lowest BCUT2D eigenvalue weighted by Gasteiger charge is -2.34. The molecule has 0 unspecified atom stereocenters. The number of halogens is 3. The first kappa shape index (κ1) is 17.5. The third-order valence-corrected chi connectivity index (χ3v) is 3.25. The fraction of sp³-hybridized carbons (Fsp3) is 0.818. The molecule has 0 aliphatic heterocycles. The van der Waals surface area contributed by atoms with Crippen LogP contribution in [0.15, 0.2) is 5.16 Å². The van der Waals surface area contributed by atoms with Crippen molar-refractivity contribution in [1.29, 1.82) is 0 Å². The first-order valence-electron chi connectivity index (χ1n) is 6.02. The highest BCUT2D eigenvalue weighted by molar-refractivity contribution is 6.06. The first-order chi connectivity index (χ1) is 8.68. The van der Waals surface area contributed by atoms with Crippen LogP contribution in [0, 0.1) is 5.41 Å². The number of amides is 1. The smallest absolute Gasteiger partial charge is 0.406 e. The second-order valence-corrected chi connectivity index (χ2v) is 4.21. The van der Waals surface area contributed by atoms with Crippen LogP contribution in [0.5, 0.6) is 0 Å². The summed E-state index contributed by atoms with van der Waals surface area (Å²) in [6, 6.07) is 0. The molecular weight excluding hydrogens is 263 g/mol. The fourth-order valence-corrected chi connectivity index (χ4v) is 1.97. The molecule has 0 aliphatic rings. The summed E-state index contributed by atoms with van der Waals surface area (Å²) in [5, 5.41) is 11.5. The summed E-state index contributed by atoms with van der Waals surface area (Å²) in [5.74, 6) is -1.13. The monoisotopic (exact) mass is 283 g/mol. The van der Waals surface area contributed by atoms with Gasteiger partial charge < -0.3 is 15.8 Å². The predicted octanol–water partition coefficient (Wildman–Crippen LogP) is 1.95. The van der Waals surface area contributed by atoms with E-state index in [1.165, 1.54) is 6.92 Å². The van der Waals surface area contributed by atoms with Gasteiger partial charge in [0, 0.05) is 6.54 Å². The standard InChI is InChI=1S/C11H20F3N3O2/c1-4-10(5-2,8(15)16-19)9(18)17(6-3)7-11(12,13)14/h19H,4-7H2,1-3H3,(H2,15,16). The molecule has 0 atom stereocenters. The predicted molar refractivity (Wildman–Crippen MR) is 64.7 cm³/mol. The van der Waals surface area contributed by atoms with Crippen LogP contribution in [0.3, 0.4) is 0 Å². The normalized spacial score (nSPS) is 13.5. The molecule has 0 saturated carbocycles. The van der Waals surface area contributed by atoms with E-state index in [9.17, 15) is 18.0 Å². The zero-order valence-corrected chi connectivity index (χ0v) is 11.3. The van der Waals surface area contributed by atoms with Crippen LogP contribution in [0.25, 0.3) is 0 Å². The van der Waals surface area contributed by atoms with Crippen molar-refractivity contribution in [2.75, 3.05) is 13.1 Å². The lowest BCUT2D eigenvalue weighted by molar-refractivity contribution is -0.165. The van der Waals surface area contributed by atoms with Gasteiger partial charge in [0.25, 0.3) is 0 Å². The Balaban J connectivity index is 5.40. The fourth-order valence-electron chi connectivity index (χ4n) is 1.97. The van der Waals surface area contributed by atoms with Gasteiger partial charge in [0.1, 0.15) is 12.0 Å². The molecule has 5 nitrogen and oxygen atoms in total. The van der Waals surface area contributed by atoms with Crippen LogP contribution >= 0.6 is 0 Å². The number of carbonyl (C=O) groups is 1. The van der Waals surface area contributed by atoms with Crippen molar-refractivity contribution in [3.05, 3.63) is 0 Å². The quantitative estimate of drug-likeness (QED) is 0.338. The maximum atomic E-state index is 12.4. The average molecular weight is 283 g/mol.